The molecular weight excluding hydrogens is 274 g/mol. The number of nitrogens with two attached hydrogens (primary N) is 1. The van der Waals surface area contributed by atoms with Crippen LogP contribution in [0.3, 0.4) is 0 Å². The average molecular weight is 293 g/mol. The van der Waals surface area contributed by atoms with Gasteiger partial charge >= 0.3 is 0 Å². The first kappa shape index (κ1) is 14.7. The summed E-state index contributed by atoms with van der Waals surface area (Å²) < 4.78 is 6.13. The van der Waals surface area contributed by atoms with Gasteiger partial charge in [0, 0.05) is 0 Å². The maximum Gasteiger partial charge on any atom is 0.243 e. The number of aromatic nitrogens is 1. The molecule has 1 aromatic heterocycles. The van der Waals surface area contributed by atoms with Gasteiger partial charge in [-0.2, -0.15) is 0 Å². The number of thiazole rings is 1. The number of nitrogens with zero attached hydrogens (tertiary/aromatic N) is 1. The van der Waals surface area contributed by atoms with Gasteiger partial charge in [0.05, 0.1) is 23.4 Å². The lowest BCUT2D eigenvalue weighted by atomic mass is 9.87. The highest BCUT2D eigenvalue weighted by atomic mass is 32.1. The molecule has 6 heteroatoms. The Morgan fingerprint density at radius 2 is 2.15 bits per heavy atom. The van der Waals surface area contributed by atoms with Gasteiger partial charge in [0.1, 0.15) is 5.75 Å². The molecule has 0 saturated carbocycles. The molecule has 0 bridgehead atoms. The molecule has 108 valence electrons. The van der Waals surface area contributed by atoms with Crippen molar-refractivity contribution in [2.24, 2.45) is 11.1 Å². The van der Waals surface area contributed by atoms with E-state index < -0.39 is 6.04 Å². The highest BCUT2D eigenvalue weighted by Crippen LogP contribution is 2.29. The predicted octanol–water partition coefficient (Wildman–Crippen LogP) is 2.62. The van der Waals surface area contributed by atoms with Gasteiger partial charge < -0.3 is 15.8 Å². The van der Waals surface area contributed by atoms with Gasteiger partial charge in [-0.25, -0.2) is 4.98 Å². The fourth-order valence-corrected chi connectivity index (χ4v) is 2.56. The lowest BCUT2D eigenvalue weighted by Gasteiger charge is -2.25. The fraction of sp³-hybridized carbons (Fsp3) is 0.429. The van der Waals surface area contributed by atoms with Crippen LogP contribution in [0.2, 0.25) is 0 Å². The molecule has 5 nitrogen and oxygen atoms in total. The molecule has 0 spiro atoms. The zero-order valence-electron chi connectivity index (χ0n) is 12.1. The van der Waals surface area contributed by atoms with Crippen molar-refractivity contribution < 1.29 is 9.53 Å². The van der Waals surface area contributed by atoms with E-state index in [-0.39, 0.29) is 11.3 Å². The third-order valence-electron chi connectivity index (χ3n) is 3.04. The largest absolute Gasteiger partial charge is 0.497 e. The molecule has 0 aliphatic heterocycles. The number of hydrogen-bond acceptors (Lipinski definition) is 5. The monoisotopic (exact) mass is 293 g/mol. The molecule has 0 aliphatic rings. The molecular formula is C14H19N3O2S. The number of carbonyl (C=O) groups excluding carboxylic acids is 1. The number of nitrogens with one attached hydrogen (secondary N) is 1. The summed E-state index contributed by atoms with van der Waals surface area (Å²) in [6.07, 6.45) is 0. The molecule has 2 rings (SSSR count). The number of carbonyl (C=O) groups is 1. The zero-order valence-corrected chi connectivity index (χ0v) is 12.9. The highest BCUT2D eigenvalue weighted by molar-refractivity contribution is 7.22. The maximum absolute atomic E-state index is 12.1. The minimum atomic E-state index is -0.580. The molecule has 0 aliphatic carbocycles. The Bertz CT molecular complexity index is 631. The molecule has 1 amide bonds. The average Bonchev–Trinajstić information content (AvgIpc) is 2.77. The number of fused-ring (bicyclic) bond motifs is 1. The lowest BCUT2D eigenvalue weighted by Crippen LogP contribution is -2.45. The van der Waals surface area contributed by atoms with Gasteiger partial charge in [-0.1, -0.05) is 32.1 Å². The van der Waals surface area contributed by atoms with Crippen LogP contribution in [-0.2, 0) is 4.79 Å². The summed E-state index contributed by atoms with van der Waals surface area (Å²) >= 11 is 1.40. The molecule has 0 fully saturated rings. The van der Waals surface area contributed by atoms with E-state index in [1.54, 1.807) is 7.11 Å². The van der Waals surface area contributed by atoms with Crippen LogP contribution in [0.15, 0.2) is 18.2 Å². The minimum absolute atomic E-state index is 0.219. The molecule has 1 unspecified atom stereocenters. The van der Waals surface area contributed by atoms with E-state index in [9.17, 15) is 4.79 Å². The number of hydrogen-bond donors (Lipinski definition) is 2. The summed E-state index contributed by atoms with van der Waals surface area (Å²) in [4.78, 5) is 16.4. The summed E-state index contributed by atoms with van der Waals surface area (Å²) in [5.41, 5.74) is 6.47. The van der Waals surface area contributed by atoms with E-state index in [1.807, 2.05) is 39.0 Å². The maximum atomic E-state index is 12.1. The van der Waals surface area contributed by atoms with Crippen molar-refractivity contribution >= 4 is 32.6 Å². The van der Waals surface area contributed by atoms with Crippen molar-refractivity contribution in [1.82, 2.24) is 4.98 Å². The van der Waals surface area contributed by atoms with Gasteiger partial charge in [0.15, 0.2) is 5.13 Å². The fourth-order valence-electron chi connectivity index (χ4n) is 1.66. The summed E-state index contributed by atoms with van der Waals surface area (Å²) in [5.74, 6) is 0.550. The van der Waals surface area contributed by atoms with Crippen LogP contribution < -0.4 is 15.8 Å². The van der Waals surface area contributed by atoms with Crippen LogP contribution in [-0.4, -0.2) is 24.0 Å². The Labute approximate surface area is 122 Å². The topological polar surface area (TPSA) is 77.2 Å². The summed E-state index contributed by atoms with van der Waals surface area (Å²) in [5, 5.41) is 3.33. The van der Waals surface area contributed by atoms with Crippen molar-refractivity contribution in [2.75, 3.05) is 12.4 Å². The lowest BCUT2D eigenvalue weighted by molar-refractivity contribution is -0.119. The molecule has 1 atom stereocenters. The van der Waals surface area contributed by atoms with Gasteiger partial charge in [-0.3, -0.25) is 4.79 Å². The normalized spacial score (nSPS) is 13.2. The number of benzene rings is 1. The van der Waals surface area contributed by atoms with Gasteiger partial charge in [-0.15, -0.1) is 0 Å². The number of amides is 1. The Kier molecular flexibility index (Phi) is 3.96. The van der Waals surface area contributed by atoms with Crippen molar-refractivity contribution in [2.45, 2.75) is 26.8 Å². The van der Waals surface area contributed by atoms with Gasteiger partial charge in [0.2, 0.25) is 5.91 Å². The summed E-state index contributed by atoms with van der Waals surface area (Å²) in [6, 6.07) is 5.02. The van der Waals surface area contributed by atoms with Crippen molar-refractivity contribution in [3.8, 4) is 5.75 Å². The summed E-state index contributed by atoms with van der Waals surface area (Å²) in [6.45, 7) is 5.79. The molecule has 2 aromatic rings. The molecule has 20 heavy (non-hydrogen) atoms. The molecule has 1 aromatic carbocycles. The summed E-state index contributed by atoms with van der Waals surface area (Å²) in [7, 11) is 1.62. The van der Waals surface area contributed by atoms with Crippen molar-refractivity contribution in [3.05, 3.63) is 18.2 Å². The van der Waals surface area contributed by atoms with Crippen molar-refractivity contribution in [3.63, 3.8) is 0 Å². The van der Waals surface area contributed by atoms with E-state index in [1.165, 1.54) is 11.3 Å². The van der Waals surface area contributed by atoms with E-state index in [0.717, 1.165) is 16.0 Å². The zero-order chi connectivity index (χ0) is 14.9. The third kappa shape index (κ3) is 3.08. The van der Waals surface area contributed by atoms with Crippen molar-refractivity contribution in [1.29, 1.82) is 0 Å². The first-order chi connectivity index (χ1) is 9.31. The minimum Gasteiger partial charge on any atom is -0.497 e. The highest BCUT2D eigenvalue weighted by Gasteiger charge is 2.28. The molecule has 3 N–H and O–H groups in total. The van der Waals surface area contributed by atoms with Crippen LogP contribution in [0.5, 0.6) is 5.75 Å². The first-order valence-corrected chi connectivity index (χ1v) is 7.14. The molecule has 0 radical (unpaired) electrons. The van der Waals surface area contributed by atoms with E-state index in [0.29, 0.717) is 5.13 Å². The Morgan fingerprint density at radius 3 is 2.75 bits per heavy atom. The standard InChI is InChI=1S/C14H19N3O2S/c1-14(2,3)11(15)12(18)17-13-16-9-6-5-8(19-4)7-10(9)20-13/h5-7,11H,15H2,1-4H3,(H,16,17,18). The second-order valence-electron chi connectivity index (χ2n) is 5.69. The smallest absolute Gasteiger partial charge is 0.243 e. The Morgan fingerprint density at radius 1 is 1.45 bits per heavy atom. The van der Waals surface area contributed by atoms with Crippen LogP contribution in [0, 0.1) is 5.41 Å². The van der Waals surface area contributed by atoms with Crippen LogP contribution in [0.25, 0.3) is 10.2 Å². The Hall–Kier alpha value is -1.66. The van der Waals surface area contributed by atoms with Gasteiger partial charge in [0.25, 0.3) is 0 Å². The number of anilines is 1. The van der Waals surface area contributed by atoms with Crippen LogP contribution in [0.4, 0.5) is 5.13 Å². The number of rotatable bonds is 3. The third-order valence-corrected chi connectivity index (χ3v) is 3.97. The van der Waals surface area contributed by atoms with Gasteiger partial charge in [-0.05, 0) is 23.6 Å². The van der Waals surface area contributed by atoms with E-state index >= 15 is 0 Å². The second-order valence-corrected chi connectivity index (χ2v) is 6.72. The molecule has 1 heterocycles. The SMILES string of the molecule is COc1ccc2nc(NC(=O)C(N)C(C)(C)C)sc2c1. The number of ether oxygens (including phenoxy) is 1. The second kappa shape index (κ2) is 5.38. The quantitative estimate of drug-likeness (QED) is 0.912. The predicted molar refractivity (Wildman–Crippen MR) is 82.2 cm³/mol. The van der Waals surface area contributed by atoms with E-state index in [2.05, 4.69) is 10.3 Å². The van der Waals surface area contributed by atoms with Crippen LogP contribution in [0.1, 0.15) is 20.8 Å². The molecule has 0 saturated heterocycles. The van der Waals surface area contributed by atoms with E-state index in [4.69, 9.17) is 10.5 Å². The first-order valence-electron chi connectivity index (χ1n) is 6.32. The Balaban J connectivity index is 2.20. The van der Waals surface area contributed by atoms with Crippen LogP contribution >= 0.6 is 11.3 Å². The number of methoxy groups -OCH3 is 1.